The molecule has 38 heavy (non-hydrogen) atoms. The number of carbonyl (C=O) groups is 2. The number of hydrogen-bond donors (Lipinski definition) is 1. The van der Waals surface area contributed by atoms with E-state index in [0.29, 0.717) is 53.6 Å². The number of ether oxygens (including phenoxy) is 2. The third-order valence-electron chi connectivity index (χ3n) is 5.97. The summed E-state index contributed by atoms with van der Waals surface area (Å²) in [6.45, 7) is 2.18. The van der Waals surface area contributed by atoms with Crippen LogP contribution >= 0.6 is 0 Å². The summed E-state index contributed by atoms with van der Waals surface area (Å²) in [4.78, 5) is 28.7. The Morgan fingerprint density at radius 3 is 2.66 bits per heavy atom. The SMILES string of the molecule is C[C@H](CC(=O)O)CC(=O)c1c(CCCCOCc2cccc(OC(F)(F)F)c2)n(C)c2ncc(C#N)cc12. The van der Waals surface area contributed by atoms with Crippen molar-refractivity contribution in [2.24, 2.45) is 13.0 Å². The van der Waals surface area contributed by atoms with Crippen molar-refractivity contribution in [3.8, 4) is 11.8 Å². The summed E-state index contributed by atoms with van der Waals surface area (Å²) in [6.07, 6.45) is -1.61. The van der Waals surface area contributed by atoms with Gasteiger partial charge in [-0.15, -0.1) is 13.2 Å². The molecule has 0 aliphatic heterocycles. The second kappa shape index (κ2) is 12.6. The van der Waals surface area contributed by atoms with Crippen molar-refractivity contribution < 1.29 is 37.3 Å². The van der Waals surface area contributed by atoms with Gasteiger partial charge < -0.3 is 19.1 Å². The van der Waals surface area contributed by atoms with Crippen LogP contribution in [0, 0.1) is 17.2 Å². The number of fused-ring (bicyclic) bond motifs is 1. The molecule has 11 heteroatoms. The Morgan fingerprint density at radius 1 is 1.21 bits per heavy atom. The molecule has 3 rings (SSSR count). The van der Waals surface area contributed by atoms with E-state index in [1.807, 2.05) is 10.6 Å². The number of nitriles is 1. The summed E-state index contributed by atoms with van der Waals surface area (Å²) in [6, 6.07) is 9.25. The van der Waals surface area contributed by atoms with Crippen LogP contribution in [-0.2, 0) is 29.6 Å². The van der Waals surface area contributed by atoms with Crippen molar-refractivity contribution in [2.75, 3.05) is 6.61 Å². The van der Waals surface area contributed by atoms with Crippen molar-refractivity contribution in [3.63, 3.8) is 0 Å². The van der Waals surface area contributed by atoms with E-state index in [1.54, 1.807) is 26.1 Å². The van der Waals surface area contributed by atoms with Crippen molar-refractivity contribution in [1.29, 1.82) is 5.26 Å². The number of aromatic nitrogens is 2. The first-order valence-corrected chi connectivity index (χ1v) is 12.0. The Bertz CT molecular complexity index is 1340. The lowest BCUT2D eigenvalue weighted by Gasteiger charge is -2.11. The standard InChI is InChI=1S/C27H28F3N3O5/c1-17(11-24(35)36)10-23(34)25-21-13-19(14-31)15-32-26(21)33(2)22(25)8-3-4-9-37-16-18-6-5-7-20(12-18)38-27(28,29)30/h5-7,12-13,15,17H,3-4,8-11,16H2,1-2H3,(H,35,36)/t17-/m0/s1. The molecule has 202 valence electrons. The molecule has 2 aromatic heterocycles. The maximum Gasteiger partial charge on any atom is 0.573 e. The lowest BCUT2D eigenvalue weighted by Crippen LogP contribution is -2.17. The van der Waals surface area contributed by atoms with Crippen LogP contribution in [0.2, 0.25) is 0 Å². The Balaban J connectivity index is 1.65. The first-order chi connectivity index (χ1) is 18.0. The van der Waals surface area contributed by atoms with E-state index in [9.17, 15) is 28.0 Å². The molecule has 0 fully saturated rings. The van der Waals surface area contributed by atoms with Crippen molar-refractivity contribution in [3.05, 3.63) is 58.9 Å². The Morgan fingerprint density at radius 2 is 1.97 bits per heavy atom. The minimum absolute atomic E-state index is 0.0510. The number of benzene rings is 1. The molecule has 0 unspecified atom stereocenters. The lowest BCUT2D eigenvalue weighted by molar-refractivity contribution is -0.274. The fourth-order valence-corrected chi connectivity index (χ4v) is 4.33. The number of carboxylic acids is 1. The molecule has 1 N–H and O–H groups in total. The summed E-state index contributed by atoms with van der Waals surface area (Å²) in [5.41, 5.74) is 2.62. The first-order valence-electron chi connectivity index (χ1n) is 12.0. The van der Waals surface area contributed by atoms with E-state index >= 15 is 0 Å². The number of Topliss-reactive ketones (excluding diaryl/α,β-unsaturated/α-hetero) is 1. The van der Waals surface area contributed by atoms with E-state index in [4.69, 9.17) is 9.84 Å². The van der Waals surface area contributed by atoms with Crippen LogP contribution in [-0.4, -0.2) is 39.4 Å². The predicted octanol–water partition coefficient (Wildman–Crippen LogP) is 5.57. The van der Waals surface area contributed by atoms with E-state index < -0.39 is 12.3 Å². The van der Waals surface area contributed by atoms with E-state index in [1.165, 1.54) is 24.4 Å². The molecule has 0 radical (unpaired) electrons. The fourth-order valence-electron chi connectivity index (χ4n) is 4.33. The van der Waals surface area contributed by atoms with Gasteiger partial charge in [0.05, 0.1) is 12.2 Å². The van der Waals surface area contributed by atoms with Gasteiger partial charge in [-0.1, -0.05) is 19.1 Å². The van der Waals surface area contributed by atoms with Gasteiger partial charge in [-0.25, -0.2) is 4.98 Å². The summed E-state index contributed by atoms with van der Waals surface area (Å²) >= 11 is 0. The van der Waals surface area contributed by atoms with Crippen LogP contribution in [0.15, 0.2) is 36.5 Å². The van der Waals surface area contributed by atoms with Gasteiger partial charge in [0.2, 0.25) is 0 Å². The number of ketones is 1. The molecule has 2 heterocycles. The van der Waals surface area contributed by atoms with Gasteiger partial charge in [0.25, 0.3) is 0 Å². The monoisotopic (exact) mass is 531 g/mol. The zero-order valence-corrected chi connectivity index (χ0v) is 21.0. The molecular formula is C27H28F3N3O5. The second-order valence-corrected chi connectivity index (χ2v) is 9.12. The lowest BCUT2D eigenvalue weighted by atomic mass is 9.94. The number of hydrogen-bond acceptors (Lipinski definition) is 6. The number of carboxylic acid groups (broad SMARTS) is 1. The van der Waals surface area contributed by atoms with Crippen LogP contribution in [0.4, 0.5) is 13.2 Å². The van der Waals surface area contributed by atoms with E-state index in [0.717, 1.165) is 5.69 Å². The van der Waals surface area contributed by atoms with Gasteiger partial charge in [-0.3, -0.25) is 9.59 Å². The van der Waals surface area contributed by atoms with E-state index in [-0.39, 0.29) is 36.9 Å². The fraction of sp³-hybridized carbons (Fsp3) is 0.407. The maximum atomic E-state index is 13.3. The smallest absolute Gasteiger partial charge is 0.481 e. The largest absolute Gasteiger partial charge is 0.573 e. The topological polar surface area (TPSA) is 114 Å². The maximum absolute atomic E-state index is 13.3. The van der Waals surface area contributed by atoms with E-state index in [2.05, 4.69) is 9.72 Å². The summed E-state index contributed by atoms with van der Waals surface area (Å²) in [5, 5.41) is 18.9. The average Bonchev–Trinajstić information content (AvgIpc) is 3.10. The Kier molecular flexibility index (Phi) is 9.47. The van der Waals surface area contributed by atoms with Gasteiger partial charge in [0.15, 0.2) is 5.78 Å². The second-order valence-electron chi connectivity index (χ2n) is 9.12. The zero-order chi connectivity index (χ0) is 27.9. The van der Waals surface area contributed by atoms with Crippen LogP contribution in [0.1, 0.15) is 59.8 Å². The molecule has 0 aliphatic rings. The number of pyridine rings is 1. The summed E-state index contributed by atoms with van der Waals surface area (Å²) in [5.74, 6) is -1.84. The van der Waals surface area contributed by atoms with Crippen LogP contribution < -0.4 is 4.74 Å². The van der Waals surface area contributed by atoms with Crippen LogP contribution in [0.5, 0.6) is 5.75 Å². The van der Waals surface area contributed by atoms with Gasteiger partial charge in [-0.05, 0) is 48.9 Å². The molecule has 0 bridgehead atoms. The molecule has 8 nitrogen and oxygen atoms in total. The van der Waals surface area contributed by atoms with Gasteiger partial charge in [0.1, 0.15) is 17.5 Å². The minimum Gasteiger partial charge on any atom is -0.481 e. The highest BCUT2D eigenvalue weighted by Gasteiger charge is 2.31. The molecule has 0 amide bonds. The van der Waals surface area contributed by atoms with Gasteiger partial charge >= 0.3 is 12.3 Å². The first kappa shape index (κ1) is 28.7. The summed E-state index contributed by atoms with van der Waals surface area (Å²) in [7, 11) is 1.79. The molecule has 1 atom stereocenters. The van der Waals surface area contributed by atoms with Crippen molar-refractivity contribution in [2.45, 2.75) is 52.0 Å². The highest BCUT2D eigenvalue weighted by atomic mass is 19.4. The number of halogens is 3. The van der Waals surface area contributed by atoms with Crippen LogP contribution in [0.3, 0.4) is 0 Å². The number of alkyl halides is 3. The predicted molar refractivity (Wildman–Crippen MR) is 132 cm³/mol. The molecule has 0 saturated carbocycles. The van der Waals surface area contributed by atoms with Crippen LogP contribution in [0.25, 0.3) is 11.0 Å². The normalized spacial score (nSPS) is 12.3. The molecule has 3 aromatic rings. The quantitative estimate of drug-likeness (QED) is 0.227. The number of unbranched alkanes of at least 4 members (excludes halogenated alkanes) is 1. The number of rotatable bonds is 13. The summed E-state index contributed by atoms with van der Waals surface area (Å²) < 4.78 is 48.6. The Labute approximate surface area is 217 Å². The third-order valence-corrected chi connectivity index (χ3v) is 5.97. The molecule has 0 spiro atoms. The minimum atomic E-state index is -4.76. The highest BCUT2D eigenvalue weighted by Crippen LogP contribution is 2.29. The Hall–Kier alpha value is -3.91. The molecule has 1 aromatic carbocycles. The van der Waals surface area contributed by atoms with Gasteiger partial charge in [-0.2, -0.15) is 5.26 Å². The molecular weight excluding hydrogens is 503 g/mol. The van der Waals surface area contributed by atoms with Crippen molar-refractivity contribution in [1.82, 2.24) is 9.55 Å². The molecule has 0 aliphatic carbocycles. The number of carbonyl (C=O) groups excluding carboxylic acids is 1. The van der Waals surface area contributed by atoms with Crippen molar-refractivity contribution >= 4 is 22.8 Å². The molecule has 0 saturated heterocycles. The average molecular weight is 532 g/mol. The van der Waals surface area contributed by atoms with Gasteiger partial charge in [0, 0.05) is 49.3 Å². The number of aliphatic carboxylic acids is 1. The number of nitrogens with zero attached hydrogens (tertiary/aromatic N) is 3. The highest BCUT2D eigenvalue weighted by molar-refractivity contribution is 6.09. The third kappa shape index (κ3) is 7.79. The zero-order valence-electron chi connectivity index (χ0n) is 21.0. The number of aryl methyl sites for hydroxylation is 1.